The van der Waals surface area contributed by atoms with Crippen LogP contribution < -0.4 is 0 Å². The molecule has 0 aromatic rings. The summed E-state index contributed by atoms with van der Waals surface area (Å²) in [4.78, 5) is 37.0. The molecule has 4 rings (SSSR count). The first-order valence-electron chi connectivity index (χ1n) is 12.1. The number of allylic oxidation sites excluding steroid dienone is 4. The summed E-state index contributed by atoms with van der Waals surface area (Å²) in [6, 6.07) is 0. The Morgan fingerprint density at radius 3 is 2.67 bits per heavy atom. The number of fused-ring (bicyclic) bond motifs is 5. The number of ether oxygens (including phenoxy) is 2. The Hall–Kier alpha value is -1.83. The number of aliphatic hydroxyl groups is 2. The molecule has 7 nitrogen and oxygen atoms in total. The first kappa shape index (κ1) is 24.3. The Bertz CT molecular complexity index is 906. The molecule has 33 heavy (non-hydrogen) atoms. The largest absolute Gasteiger partial charge is 0.456 e. The van der Waals surface area contributed by atoms with Gasteiger partial charge in [-0.1, -0.05) is 32.4 Å². The van der Waals surface area contributed by atoms with Crippen LogP contribution in [0, 0.1) is 34.5 Å². The molecule has 0 radical (unpaired) electrons. The summed E-state index contributed by atoms with van der Waals surface area (Å²) in [6.45, 7) is 7.52. The van der Waals surface area contributed by atoms with Crippen molar-refractivity contribution in [2.75, 3.05) is 19.8 Å². The van der Waals surface area contributed by atoms with Crippen LogP contribution in [-0.2, 0) is 23.9 Å². The molecule has 0 aromatic carbocycles. The van der Waals surface area contributed by atoms with E-state index in [2.05, 4.69) is 13.8 Å². The van der Waals surface area contributed by atoms with Gasteiger partial charge in [0.15, 0.2) is 12.4 Å². The number of carbonyl (C=O) groups is 3. The number of hydrogen-bond acceptors (Lipinski definition) is 7. The maximum absolute atomic E-state index is 13.2. The zero-order valence-corrected chi connectivity index (χ0v) is 20.0. The van der Waals surface area contributed by atoms with Gasteiger partial charge >= 0.3 is 5.97 Å². The third-order valence-corrected chi connectivity index (χ3v) is 9.22. The number of esters is 1. The number of ketones is 2. The summed E-state index contributed by atoms with van der Waals surface area (Å²) in [5.41, 5.74) is -1.82. The highest BCUT2D eigenvalue weighted by Gasteiger charge is 2.68. The standard InChI is InChI=1S/C26H36O7/c1-5-32-14-22(30)33-13-21(29)26(31)9-7-18-17-10-15(2)19-11-16(27)6-8-24(19,3)23(17)20(28)12-25(18,26)4/h6,8,11,15,17-18,20,23,28,31H,5,7,9-10,12-14H2,1-4H3/t15-,17-,18-,20-,23+,24-,25-,26-/m0/s1. The summed E-state index contributed by atoms with van der Waals surface area (Å²) in [5, 5.41) is 23.1. The lowest BCUT2D eigenvalue weighted by Crippen LogP contribution is -2.62. The van der Waals surface area contributed by atoms with Crippen molar-refractivity contribution in [1.82, 2.24) is 0 Å². The first-order chi connectivity index (χ1) is 15.5. The second-order valence-corrected chi connectivity index (χ2v) is 10.9. The fourth-order valence-corrected chi connectivity index (χ4v) is 7.70. The lowest BCUT2D eigenvalue weighted by molar-refractivity contribution is -0.183. The minimum atomic E-state index is -1.66. The maximum Gasteiger partial charge on any atom is 0.332 e. The van der Waals surface area contributed by atoms with E-state index in [-0.39, 0.29) is 48.9 Å². The molecule has 0 amide bonds. The van der Waals surface area contributed by atoms with Gasteiger partial charge in [-0.25, -0.2) is 4.79 Å². The molecule has 7 heteroatoms. The number of carbonyl (C=O) groups excluding carboxylic acids is 3. The zero-order chi connectivity index (χ0) is 24.2. The van der Waals surface area contributed by atoms with Crippen LogP contribution in [0.2, 0.25) is 0 Å². The van der Waals surface area contributed by atoms with Crippen molar-refractivity contribution in [3.05, 3.63) is 23.8 Å². The van der Waals surface area contributed by atoms with Crippen LogP contribution in [0.4, 0.5) is 0 Å². The van der Waals surface area contributed by atoms with Crippen molar-refractivity contribution in [3.8, 4) is 0 Å². The third-order valence-electron chi connectivity index (χ3n) is 9.22. The first-order valence-corrected chi connectivity index (χ1v) is 12.1. The van der Waals surface area contributed by atoms with E-state index < -0.39 is 40.9 Å². The maximum atomic E-state index is 13.2. The Labute approximate surface area is 195 Å². The van der Waals surface area contributed by atoms with Crippen molar-refractivity contribution < 1.29 is 34.1 Å². The van der Waals surface area contributed by atoms with E-state index in [1.54, 1.807) is 19.1 Å². The van der Waals surface area contributed by atoms with E-state index in [0.29, 0.717) is 13.0 Å². The lowest BCUT2D eigenvalue weighted by Gasteiger charge is -2.60. The molecule has 4 aliphatic carbocycles. The molecule has 3 saturated carbocycles. The van der Waals surface area contributed by atoms with Crippen LogP contribution in [0.1, 0.15) is 53.4 Å². The van der Waals surface area contributed by atoms with Crippen molar-refractivity contribution in [2.24, 2.45) is 34.5 Å². The van der Waals surface area contributed by atoms with Gasteiger partial charge in [0.05, 0.1) is 6.10 Å². The monoisotopic (exact) mass is 460 g/mol. The molecule has 3 fully saturated rings. The van der Waals surface area contributed by atoms with Crippen molar-refractivity contribution in [3.63, 3.8) is 0 Å². The topological polar surface area (TPSA) is 110 Å². The van der Waals surface area contributed by atoms with Gasteiger partial charge < -0.3 is 19.7 Å². The highest BCUT2D eigenvalue weighted by molar-refractivity contribution is 6.01. The summed E-state index contributed by atoms with van der Waals surface area (Å²) >= 11 is 0. The van der Waals surface area contributed by atoms with Crippen LogP contribution in [0.3, 0.4) is 0 Å². The molecule has 0 spiro atoms. The van der Waals surface area contributed by atoms with Gasteiger partial charge in [0, 0.05) is 23.4 Å². The molecular weight excluding hydrogens is 424 g/mol. The Morgan fingerprint density at radius 1 is 1.24 bits per heavy atom. The molecule has 0 aromatic heterocycles. The van der Waals surface area contributed by atoms with Gasteiger partial charge in [0.2, 0.25) is 5.78 Å². The minimum Gasteiger partial charge on any atom is -0.456 e. The Balaban J connectivity index is 1.59. The Morgan fingerprint density at radius 2 is 1.97 bits per heavy atom. The van der Waals surface area contributed by atoms with Crippen LogP contribution >= 0.6 is 0 Å². The smallest absolute Gasteiger partial charge is 0.332 e. The molecular formula is C26H36O7. The summed E-state index contributed by atoms with van der Waals surface area (Å²) in [5.74, 6) is -0.914. The van der Waals surface area contributed by atoms with E-state index in [0.717, 1.165) is 12.0 Å². The average Bonchev–Trinajstić information content (AvgIpc) is 3.03. The van der Waals surface area contributed by atoms with Crippen molar-refractivity contribution in [2.45, 2.75) is 65.1 Å². The second kappa shape index (κ2) is 8.43. The predicted molar refractivity (Wildman–Crippen MR) is 120 cm³/mol. The average molecular weight is 461 g/mol. The highest BCUT2D eigenvalue weighted by atomic mass is 16.6. The highest BCUT2D eigenvalue weighted by Crippen LogP contribution is 2.67. The molecule has 4 aliphatic rings. The number of hydrogen-bond donors (Lipinski definition) is 2. The third kappa shape index (κ3) is 3.63. The molecule has 8 atom stereocenters. The molecule has 0 aliphatic heterocycles. The number of Topliss-reactive ketones (excluding diaryl/α,β-unsaturated/α-hetero) is 1. The Kier molecular flexibility index (Phi) is 6.21. The molecule has 2 N–H and O–H groups in total. The second-order valence-electron chi connectivity index (χ2n) is 10.9. The summed E-state index contributed by atoms with van der Waals surface area (Å²) in [7, 11) is 0. The van der Waals surface area contributed by atoms with Crippen LogP contribution in [-0.4, -0.2) is 59.3 Å². The SMILES string of the molecule is CCOCC(=O)OCC(=O)[C@@]1(O)CC[C@H]2[C@@H]3C[C@H](C)C4=CC(=O)C=C[C@]4(C)[C@H]3[C@@H](O)C[C@@]21C. The van der Waals surface area contributed by atoms with E-state index >= 15 is 0 Å². The minimum absolute atomic E-state index is 0.0114. The zero-order valence-electron chi connectivity index (χ0n) is 20.0. The van der Waals surface area contributed by atoms with Gasteiger partial charge in [-0.05, 0) is 62.5 Å². The molecule has 0 saturated heterocycles. The summed E-state index contributed by atoms with van der Waals surface area (Å²) in [6.07, 6.45) is 6.60. The van der Waals surface area contributed by atoms with Gasteiger partial charge in [0.25, 0.3) is 0 Å². The van der Waals surface area contributed by atoms with Crippen LogP contribution in [0.5, 0.6) is 0 Å². The van der Waals surface area contributed by atoms with E-state index in [1.807, 2.05) is 13.0 Å². The fourth-order valence-electron chi connectivity index (χ4n) is 7.70. The summed E-state index contributed by atoms with van der Waals surface area (Å²) < 4.78 is 10.1. The van der Waals surface area contributed by atoms with Crippen molar-refractivity contribution in [1.29, 1.82) is 0 Å². The lowest BCUT2D eigenvalue weighted by atomic mass is 9.45. The van der Waals surface area contributed by atoms with E-state index in [4.69, 9.17) is 9.47 Å². The van der Waals surface area contributed by atoms with E-state index in [9.17, 15) is 24.6 Å². The number of rotatable bonds is 6. The normalized spacial score (nSPS) is 43.9. The predicted octanol–water partition coefficient (Wildman–Crippen LogP) is 2.39. The van der Waals surface area contributed by atoms with Crippen molar-refractivity contribution >= 4 is 17.5 Å². The molecule has 182 valence electrons. The van der Waals surface area contributed by atoms with Crippen LogP contribution in [0.15, 0.2) is 23.8 Å². The van der Waals surface area contributed by atoms with Gasteiger partial charge in [-0.3, -0.25) is 9.59 Å². The molecule has 0 heterocycles. The van der Waals surface area contributed by atoms with Gasteiger partial charge in [0.1, 0.15) is 12.2 Å². The number of aliphatic hydroxyl groups excluding tert-OH is 1. The quantitative estimate of drug-likeness (QED) is 0.586. The van der Waals surface area contributed by atoms with E-state index in [1.165, 1.54) is 0 Å². The van der Waals surface area contributed by atoms with Gasteiger partial charge in [-0.15, -0.1) is 0 Å². The van der Waals surface area contributed by atoms with Gasteiger partial charge in [-0.2, -0.15) is 0 Å². The molecule has 0 unspecified atom stereocenters. The van der Waals surface area contributed by atoms with Crippen LogP contribution in [0.25, 0.3) is 0 Å². The molecule has 0 bridgehead atoms. The fraction of sp³-hybridized carbons (Fsp3) is 0.731.